The number of aldehydes is 1. The van der Waals surface area contributed by atoms with Crippen molar-refractivity contribution in [2.75, 3.05) is 7.11 Å². The fraction of sp³-hybridized carbons (Fsp3) is 0.429. The largest absolute Gasteiger partial charge is 0.469 e. The second-order valence-corrected chi connectivity index (χ2v) is 1.65. The van der Waals surface area contributed by atoms with Gasteiger partial charge in [0.2, 0.25) is 0 Å². The fourth-order valence-corrected chi connectivity index (χ4v) is 0.415. The van der Waals surface area contributed by atoms with Crippen molar-refractivity contribution >= 4 is 12.3 Å². The molecule has 3 heteroatoms. The van der Waals surface area contributed by atoms with Gasteiger partial charge in [0.15, 0.2) is 0 Å². The highest BCUT2D eigenvalue weighted by molar-refractivity contribution is 5.71. The zero-order chi connectivity index (χ0) is 7.82. The number of methoxy groups -OCH3 is 1. The summed E-state index contributed by atoms with van der Waals surface area (Å²) in [7, 11) is 1.33. The summed E-state index contributed by atoms with van der Waals surface area (Å²) in [4.78, 5) is 20.2. The average molecular weight is 142 g/mol. The van der Waals surface area contributed by atoms with E-state index in [1.54, 1.807) is 12.2 Å². The molecule has 0 aromatic heterocycles. The van der Waals surface area contributed by atoms with E-state index < -0.39 is 0 Å². The summed E-state index contributed by atoms with van der Waals surface area (Å²) < 4.78 is 4.35. The smallest absolute Gasteiger partial charge is 0.309 e. The molecule has 56 valence electrons. The van der Waals surface area contributed by atoms with Gasteiger partial charge in [-0.25, -0.2) is 0 Å². The number of allylic oxidation sites excluding steroid dienone is 1. The minimum absolute atomic E-state index is 0.240. The van der Waals surface area contributed by atoms with E-state index in [2.05, 4.69) is 4.74 Å². The van der Waals surface area contributed by atoms with Crippen LogP contribution in [0.4, 0.5) is 0 Å². The molecule has 0 N–H and O–H groups in total. The Morgan fingerprint density at radius 1 is 1.50 bits per heavy atom. The first-order chi connectivity index (χ1) is 4.81. The molecule has 0 atom stereocenters. The Labute approximate surface area is 59.7 Å². The van der Waals surface area contributed by atoms with Gasteiger partial charge in [0.1, 0.15) is 6.29 Å². The van der Waals surface area contributed by atoms with Gasteiger partial charge in [-0.1, -0.05) is 12.2 Å². The van der Waals surface area contributed by atoms with E-state index in [4.69, 9.17) is 0 Å². The van der Waals surface area contributed by atoms with E-state index in [-0.39, 0.29) is 12.4 Å². The Bertz CT molecular complexity index is 138. The van der Waals surface area contributed by atoms with Crippen molar-refractivity contribution in [3.05, 3.63) is 12.2 Å². The Balaban J connectivity index is 3.33. The second-order valence-electron chi connectivity index (χ2n) is 1.65. The molecule has 0 fully saturated rings. The number of hydrogen-bond acceptors (Lipinski definition) is 3. The normalized spacial score (nSPS) is 9.70. The quantitative estimate of drug-likeness (QED) is 0.329. The van der Waals surface area contributed by atoms with Gasteiger partial charge in [-0.05, 0) is 0 Å². The molecular weight excluding hydrogens is 132 g/mol. The van der Waals surface area contributed by atoms with Crippen molar-refractivity contribution in [3.8, 4) is 0 Å². The first kappa shape index (κ1) is 8.88. The van der Waals surface area contributed by atoms with Gasteiger partial charge in [-0.2, -0.15) is 0 Å². The fourth-order valence-electron chi connectivity index (χ4n) is 0.415. The maximum absolute atomic E-state index is 10.4. The van der Waals surface area contributed by atoms with Gasteiger partial charge in [0, 0.05) is 6.42 Å². The molecule has 0 spiro atoms. The lowest BCUT2D eigenvalue weighted by atomic mass is 10.3. The minimum Gasteiger partial charge on any atom is -0.469 e. The summed E-state index contributed by atoms with van der Waals surface area (Å²) in [6.45, 7) is 0. The maximum Gasteiger partial charge on any atom is 0.309 e. The van der Waals surface area contributed by atoms with Crippen LogP contribution < -0.4 is 0 Å². The van der Waals surface area contributed by atoms with E-state index >= 15 is 0 Å². The predicted molar refractivity (Wildman–Crippen MR) is 36.5 cm³/mol. The van der Waals surface area contributed by atoms with Gasteiger partial charge in [-0.3, -0.25) is 4.79 Å². The van der Waals surface area contributed by atoms with E-state index in [1.165, 1.54) is 7.11 Å². The number of ether oxygens (including phenoxy) is 1. The van der Waals surface area contributed by atoms with Gasteiger partial charge in [0.25, 0.3) is 0 Å². The van der Waals surface area contributed by atoms with Crippen LogP contribution in [0.2, 0.25) is 0 Å². The topological polar surface area (TPSA) is 43.4 Å². The van der Waals surface area contributed by atoms with E-state index in [1.807, 2.05) is 0 Å². The molecule has 10 heavy (non-hydrogen) atoms. The number of esters is 1. The summed E-state index contributed by atoms with van der Waals surface area (Å²) in [6, 6.07) is 0. The third-order valence-electron chi connectivity index (χ3n) is 0.911. The van der Waals surface area contributed by atoms with Gasteiger partial charge < -0.3 is 9.53 Å². The molecule has 0 unspecified atom stereocenters. The lowest BCUT2D eigenvalue weighted by Gasteiger charge is -1.90. The molecule has 0 aliphatic rings. The first-order valence-corrected chi connectivity index (χ1v) is 2.96. The van der Waals surface area contributed by atoms with Crippen molar-refractivity contribution in [2.24, 2.45) is 0 Å². The predicted octanol–water partition coefficient (Wildman–Crippen LogP) is 0.695. The number of carbonyl (C=O) groups is 2. The van der Waals surface area contributed by atoms with Crippen LogP contribution in [0.25, 0.3) is 0 Å². The summed E-state index contributed by atoms with van der Waals surface area (Å²) >= 11 is 0. The van der Waals surface area contributed by atoms with Crippen molar-refractivity contribution in [1.82, 2.24) is 0 Å². The van der Waals surface area contributed by atoms with Gasteiger partial charge in [-0.15, -0.1) is 0 Å². The molecule has 0 amide bonds. The third-order valence-corrected chi connectivity index (χ3v) is 0.911. The molecule has 0 bridgehead atoms. The zero-order valence-corrected chi connectivity index (χ0v) is 5.87. The molecule has 0 heterocycles. The monoisotopic (exact) mass is 142 g/mol. The molecule has 0 saturated heterocycles. The van der Waals surface area contributed by atoms with E-state index in [0.29, 0.717) is 6.42 Å². The van der Waals surface area contributed by atoms with Crippen molar-refractivity contribution in [1.29, 1.82) is 0 Å². The molecule has 0 aliphatic carbocycles. The maximum atomic E-state index is 10.4. The van der Waals surface area contributed by atoms with E-state index in [9.17, 15) is 9.59 Å². The standard InChI is InChI=1S/C7H10O3/c1-10-7(9)5-3-2-4-6-8/h2-3,6H,4-5H2,1H3. The average Bonchev–Trinajstić information content (AvgIpc) is 1.98. The van der Waals surface area contributed by atoms with Gasteiger partial charge >= 0.3 is 5.97 Å². The lowest BCUT2D eigenvalue weighted by molar-refractivity contribution is -0.139. The highest BCUT2D eigenvalue weighted by Gasteiger charge is 1.92. The summed E-state index contributed by atoms with van der Waals surface area (Å²) in [5.41, 5.74) is 0. The molecule has 0 saturated carbocycles. The minimum atomic E-state index is -0.290. The van der Waals surface area contributed by atoms with Crippen LogP contribution in [0.15, 0.2) is 12.2 Å². The summed E-state index contributed by atoms with van der Waals surface area (Å²) in [5, 5.41) is 0. The van der Waals surface area contributed by atoms with Crippen LogP contribution in [0.5, 0.6) is 0 Å². The van der Waals surface area contributed by atoms with Crippen molar-refractivity contribution in [3.63, 3.8) is 0 Å². The van der Waals surface area contributed by atoms with Crippen molar-refractivity contribution < 1.29 is 14.3 Å². The van der Waals surface area contributed by atoms with Crippen LogP contribution in [0, 0.1) is 0 Å². The Kier molecular flexibility index (Phi) is 5.33. The molecule has 0 rings (SSSR count). The van der Waals surface area contributed by atoms with E-state index in [0.717, 1.165) is 6.29 Å². The molecular formula is C7H10O3. The highest BCUT2D eigenvalue weighted by atomic mass is 16.5. The molecule has 0 aliphatic heterocycles. The third kappa shape index (κ3) is 5.03. The van der Waals surface area contributed by atoms with Crippen LogP contribution in [0.3, 0.4) is 0 Å². The Morgan fingerprint density at radius 2 is 2.20 bits per heavy atom. The zero-order valence-electron chi connectivity index (χ0n) is 5.87. The SMILES string of the molecule is COC(=O)CC=CCC=O. The number of rotatable bonds is 4. The lowest BCUT2D eigenvalue weighted by Crippen LogP contribution is -1.96. The molecule has 0 radical (unpaired) electrons. The first-order valence-electron chi connectivity index (χ1n) is 2.96. The van der Waals surface area contributed by atoms with Crippen molar-refractivity contribution in [2.45, 2.75) is 12.8 Å². The molecule has 0 aromatic rings. The van der Waals surface area contributed by atoms with Crippen LogP contribution in [-0.4, -0.2) is 19.4 Å². The second kappa shape index (κ2) is 6.01. The molecule has 3 nitrogen and oxygen atoms in total. The summed E-state index contributed by atoms with van der Waals surface area (Å²) in [6.07, 6.45) is 4.61. The van der Waals surface area contributed by atoms with Crippen LogP contribution in [-0.2, 0) is 14.3 Å². The number of hydrogen-bond donors (Lipinski definition) is 0. The highest BCUT2D eigenvalue weighted by Crippen LogP contribution is 1.87. The summed E-state index contributed by atoms with van der Waals surface area (Å²) in [5.74, 6) is -0.290. The van der Waals surface area contributed by atoms with Crippen LogP contribution >= 0.6 is 0 Å². The number of carbonyl (C=O) groups excluding carboxylic acids is 2. The van der Waals surface area contributed by atoms with Gasteiger partial charge in [0.05, 0.1) is 13.5 Å². The Morgan fingerprint density at radius 3 is 2.70 bits per heavy atom. The van der Waals surface area contributed by atoms with Crippen LogP contribution in [0.1, 0.15) is 12.8 Å². The molecule has 0 aromatic carbocycles. The Hall–Kier alpha value is -1.12.